The summed E-state index contributed by atoms with van der Waals surface area (Å²) in [5, 5.41) is 5.28. The zero-order valence-corrected chi connectivity index (χ0v) is 14.4. The average Bonchev–Trinajstić information content (AvgIpc) is 3.06. The van der Waals surface area contributed by atoms with Gasteiger partial charge in [-0.1, -0.05) is 29.8 Å². The first kappa shape index (κ1) is 15.8. The number of hydrogen-bond acceptors (Lipinski definition) is 2. The van der Waals surface area contributed by atoms with Gasteiger partial charge in [0, 0.05) is 0 Å². The highest BCUT2D eigenvalue weighted by Gasteiger charge is 2.18. The molecule has 0 aliphatic heterocycles. The minimum absolute atomic E-state index is 0.684. The van der Waals surface area contributed by atoms with Crippen molar-refractivity contribution in [3.8, 4) is 5.69 Å². The van der Waals surface area contributed by atoms with Crippen LogP contribution in [0.1, 0.15) is 22.8 Å². The molecule has 23 heavy (non-hydrogen) atoms. The Morgan fingerprint density at radius 2 is 1.83 bits per heavy atom. The van der Waals surface area contributed by atoms with Crippen LogP contribution in [-0.2, 0) is 13.1 Å². The first-order valence-electron chi connectivity index (χ1n) is 7.70. The van der Waals surface area contributed by atoms with Gasteiger partial charge in [0.1, 0.15) is 24.0 Å². The molecule has 0 radical (unpaired) electrons. The highest BCUT2D eigenvalue weighted by atomic mass is 35.5. The molecule has 120 valence electrons. The second-order valence-corrected chi connectivity index (χ2v) is 6.28. The number of furan rings is 1. The van der Waals surface area contributed by atoms with Crippen LogP contribution in [0.3, 0.4) is 0 Å². The SMILES string of the molecule is Cc1ccc(C[NH+](C)Cc2c(C)nn(-c3ccccc3)c2Cl)o1. The minimum Gasteiger partial charge on any atom is -0.460 e. The van der Waals surface area contributed by atoms with E-state index in [0.29, 0.717) is 5.15 Å². The summed E-state index contributed by atoms with van der Waals surface area (Å²) in [6.45, 7) is 5.59. The first-order chi connectivity index (χ1) is 11.0. The molecule has 0 aliphatic rings. The molecule has 0 fully saturated rings. The average molecular weight is 331 g/mol. The summed E-state index contributed by atoms with van der Waals surface area (Å²) in [5.41, 5.74) is 3.02. The van der Waals surface area contributed by atoms with Gasteiger partial charge >= 0.3 is 0 Å². The summed E-state index contributed by atoms with van der Waals surface area (Å²) < 4.78 is 7.45. The van der Waals surface area contributed by atoms with Gasteiger partial charge in [-0.05, 0) is 38.1 Å². The Bertz CT molecular complexity index is 792. The molecule has 0 saturated heterocycles. The Kier molecular flexibility index (Phi) is 4.55. The third kappa shape index (κ3) is 3.49. The van der Waals surface area contributed by atoms with Crippen molar-refractivity contribution in [3.63, 3.8) is 0 Å². The molecule has 3 rings (SSSR count). The summed E-state index contributed by atoms with van der Waals surface area (Å²) in [6, 6.07) is 14.0. The van der Waals surface area contributed by atoms with E-state index < -0.39 is 0 Å². The zero-order chi connectivity index (χ0) is 16.4. The maximum Gasteiger partial charge on any atom is 0.158 e. The topological polar surface area (TPSA) is 35.4 Å². The Morgan fingerprint density at radius 3 is 2.48 bits per heavy atom. The van der Waals surface area contributed by atoms with Crippen LogP contribution < -0.4 is 4.90 Å². The van der Waals surface area contributed by atoms with Crippen LogP contribution in [-0.4, -0.2) is 16.8 Å². The number of para-hydroxylation sites is 1. The minimum atomic E-state index is 0.684. The predicted molar refractivity (Wildman–Crippen MR) is 91.1 cm³/mol. The van der Waals surface area contributed by atoms with Crippen molar-refractivity contribution in [3.05, 3.63) is 70.4 Å². The number of quaternary nitrogens is 1. The van der Waals surface area contributed by atoms with Crippen molar-refractivity contribution >= 4 is 11.6 Å². The summed E-state index contributed by atoms with van der Waals surface area (Å²) in [4.78, 5) is 1.30. The predicted octanol–water partition coefficient (Wildman–Crippen LogP) is 2.95. The van der Waals surface area contributed by atoms with Crippen molar-refractivity contribution in [2.24, 2.45) is 0 Å². The highest BCUT2D eigenvalue weighted by molar-refractivity contribution is 6.30. The van der Waals surface area contributed by atoms with Gasteiger partial charge in [-0.3, -0.25) is 0 Å². The van der Waals surface area contributed by atoms with E-state index in [0.717, 1.165) is 41.6 Å². The molecule has 0 bridgehead atoms. The molecule has 0 spiro atoms. The normalized spacial score (nSPS) is 12.5. The molecule has 3 aromatic rings. The second kappa shape index (κ2) is 6.60. The fraction of sp³-hybridized carbons (Fsp3) is 0.278. The van der Waals surface area contributed by atoms with E-state index in [1.54, 1.807) is 4.68 Å². The highest BCUT2D eigenvalue weighted by Crippen LogP contribution is 2.22. The monoisotopic (exact) mass is 330 g/mol. The van der Waals surface area contributed by atoms with Crippen LogP contribution in [0.25, 0.3) is 5.69 Å². The molecule has 0 amide bonds. The smallest absolute Gasteiger partial charge is 0.158 e. The molecule has 5 heteroatoms. The molecule has 0 saturated carbocycles. The van der Waals surface area contributed by atoms with Gasteiger partial charge in [0.05, 0.1) is 24.0 Å². The van der Waals surface area contributed by atoms with Gasteiger partial charge in [0.25, 0.3) is 0 Å². The Hall–Kier alpha value is -2.04. The third-order valence-electron chi connectivity index (χ3n) is 3.87. The van der Waals surface area contributed by atoms with Crippen molar-refractivity contribution in [1.29, 1.82) is 0 Å². The number of rotatable bonds is 5. The van der Waals surface area contributed by atoms with Crippen LogP contribution in [0.2, 0.25) is 5.15 Å². The van der Waals surface area contributed by atoms with Crippen LogP contribution in [0.15, 0.2) is 46.9 Å². The van der Waals surface area contributed by atoms with Crippen molar-refractivity contribution in [2.45, 2.75) is 26.9 Å². The van der Waals surface area contributed by atoms with E-state index in [4.69, 9.17) is 16.0 Å². The number of nitrogens with one attached hydrogen (secondary N) is 1. The van der Waals surface area contributed by atoms with E-state index in [1.807, 2.05) is 56.3 Å². The van der Waals surface area contributed by atoms with Gasteiger partial charge in [0.15, 0.2) is 5.76 Å². The van der Waals surface area contributed by atoms with E-state index in [-0.39, 0.29) is 0 Å². The summed E-state index contributed by atoms with van der Waals surface area (Å²) >= 11 is 6.58. The Labute approximate surface area is 141 Å². The first-order valence-corrected chi connectivity index (χ1v) is 8.08. The van der Waals surface area contributed by atoms with E-state index in [2.05, 4.69) is 12.1 Å². The third-order valence-corrected chi connectivity index (χ3v) is 4.26. The van der Waals surface area contributed by atoms with Crippen LogP contribution >= 0.6 is 11.6 Å². The molecule has 0 aliphatic carbocycles. The second-order valence-electron chi connectivity index (χ2n) is 5.93. The summed E-state index contributed by atoms with van der Waals surface area (Å²) in [5.74, 6) is 1.93. The van der Waals surface area contributed by atoms with Crippen LogP contribution in [0.4, 0.5) is 0 Å². The number of aromatic nitrogens is 2. The lowest BCUT2D eigenvalue weighted by atomic mass is 10.2. The number of benzene rings is 1. The number of halogens is 1. The van der Waals surface area contributed by atoms with Gasteiger partial charge < -0.3 is 9.32 Å². The maximum atomic E-state index is 6.58. The summed E-state index contributed by atoms with van der Waals surface area (Å²) in [7, 11) is 2.13. The lowest BCUT2D eigenvalue weighted by molar-refractivity contribution is -0.908. The van der Waals surface area contributed by atoms with E-state index >= 15 is 0 Å². The Morgan fingerprint density at radius 1 is 1.09 bits per heavy atom. The summed E-state index contributed by atoms with van der Waals surface area (Å²) in [6.07, 6.45) is 0. The van der Waals surface area contributed by atoms with Crippen molar-refractivity contribution in [1.82, 2.24) is 9.78 Å². The molecule has 1 N–H and O–H groups in total. The largest absolute Gasteiger partial charge is 0.460 e. The number of nitrogens with zero attached hydrogens (tertiary/aromatic N) is 2. The van der Waals surface area contributed by atoms with Crippen LogP contribution in [0, 0.1) is 13.8 Å². The lowest BCUT2D eigenvalue weighted by Crippen LogP contribution is -3.06. The van der Waals surface area contributed by atoms with Crippen molar-refractivity contribution in [2.75, 3.05) is 7.05 Å². The van der Waals surface area contributed by atoms with Crippen molar-refractivity contribution < 1.29 is 9.32 Å². The molecule has 1 aromatic carbocycles. The van der Waals surface area contributed by atoms with Gasteiger partial charge in [0.2, 0.25) is 0 Å². The Balaban J connectivity index is 1.79. The molecular formula is C18H21ClN3O+. The van der Waals surface area contributed by atoms with Gasteiger partial charge in [-0.25, -0.2) is 4.68 Å². The maximum absolute atomic E-state index is 6.58. The molecular weight excluding hydrogens is 310 g/mol. The fourth-order valence-electron chi connectivity index (χ4n) is 2.71. The fourth-order valence-corrected chi connectivity index (χ4v) is 3.05. The standard InChI is InChI=1S/C18H20ClN3O/c1-13-9-10-16(23-13)11-21(3)12-17-14(2)20-22(18(17)19)15-7-5-4-6-8-15/h4-10H,11-12H2,1-3H3/p+1. The number of aryl methyl sites for hydroxylation is 2. The van der Waals surface area contributed by atoms with E-state index in [1.165, 1.54) is 4.90 Å². The molecule has 1 unspecified atom stereocenters. The van der Waals surface area contributed by atoms with Crippen LogP contribution in [0.5, 0.6) is 0 Å². The molecule has 1 atom stereocenters. The molecule has 2 heterocycles. The van der Waals surface area contributed by atoms with Gasteiger partial charge in [-0.2, -0.15) is 5.10 Å². The molecule has 4 nitrogen and oxygen atoms in total. The quantitative estimate of drug-likeness (QED) is 0.780. The zero-order valence-electron chi connectivity index (χ0n) is 13.6. The van der Waals surface area contributed by atoms with Gasteiger partial charge in [-0.15, -0.1) is 0 Å². The lowest BCUT2D eigenvalue weighted by Gasteiger charge is -2.12. The number of hydrogen-bond donors (Lipinski definition) is 1. The van der Waals surface area contributed by atoms with E-state index in [9.17, 15) is 0 Å². The molecule has 2 aromatic heterocycles.